The van der Waals surface area contributed by atoms with E-state index in [0.717, 1.165) is 31.8 Å². The van der Waals surface area contributed by atoms with E-state index in [1.54, 1.807) is 24.9 Å². The van der Waals surface area contributed by atoms with Crippen LogP contribution >= 0.6 is 34.4 Å². The van der Waals surface area contributed by atoms with Gasteiger partial charge in [0.1, 0.15) is 10.8 Å². The zero-order valence-corrected chi connectivity index (χ0v) is 16.0. The van der Waals surface area contributed by atoms with Gasteiger partial charge in [-0.3, -0.25) is 10.2 Å². The number of methoxy groups -OCH3 is 1. The first kappa shape index (κ1) is 17.7. The fraction of sp³-hybridized carbons (Fsp3) is 0.118. The molecule has 128 valence electrons. The van der Waals surface area contributed by atoms with E-state index in [1.165, 1.54) is 22.7 Å². The van der Waals surface area contributed by atoms with Gasteiger partial charge >= 0.3 is 0 Å². The van der Waals surface area contributed by atoms with Crippen molar-refractivity contribution in [3.63, 3.8) is 0 Å². The van der Waals surface area contributed by atoms with E-state index in [9.17, 15) is 4.79 Å². The molecule has 0 aliphatic carbocycles. The van der Waals surface area contributed by atoms with Crippen LogP contribution in [0.25, 0.3) is 21.8 Å². The second-order valence-electron chi connectivity index (χ2n) is 5.03. The Hall–Kier alpha value is -2.16. The summed E-state index contributed by atoms with van der Waals surface area (Å²) in [4.78, 5) is 17.2. The number of Topliss-reactive ketones (excluding diaryl/α,β-unsaturated/α-hetero) is 1. The smallest absolute Gasteiger partial charge is 0.237 e. The average Bonchev–Trinajstić information content (AvgIpc) is 3.27. The maximum atomic E-state index is 12.0. The van der Waals surface area contributed by atoms with Gasteiger partial charge in [-0.25, -0.2) is 4.98 Å². The molecule has 3 aromatic rings. The number of nitrogens with zero attached hydrogens (tertiary/aromatic N) is 1. The second-order valence-corrected chi connectivity index (χ2v) is 8.01. The number of amidine groups is 1. The molecule has 0 fully saturated rings. The normalized spacial score (nSPS) is 10.6. The molecule has 0 amide bonds. The lowest BCUT2D eigenvalue weighted by atomic mass is 10.1. The van der Waals surface area contributed by atoms with Crippen molar-refractivity contribution < 1.29 is 9.53 Å². The fourth-order valence-corrected chi connectivity index (χ4v) is 5.04. The number of nitrogens with two attached hydrogens (primary N) is 1. The molecule has 25 heavy (non-hydrogen) atoms. The first-order chi connectivity index (χ1) is 12.0. The highest BCUT2D eigenvalue weighted by atomic mass is 32.2. The molecule has 5 nitrogen and oxygen atoms in total. The van der Waals surface area contributed by atoms with E-state index < -0.39 is 11.6 Å². The molecule has 0 aliphatic rings. The van der Waals surface area contributed by atoms with Crippen LogP contribution in [0.15, 0.2) is 39.9 Å². The summed E-state index contributed by atoms with van der Waals surface area (Å²) in [6.45, 7) is 0. The van der Waals surface area contributed by atoms with Crippen LogP contribution in [0.5, 0.6) is 5.75 Å². The number of thiophene rings is 1. The highest BCUT2D eigenvalue weighted by Gasteiger charge is 2.19. The molecular weight excluding hydrogens is 374 g/mol. The lowest BCUT2D eigenvalue weighted by Crippen LogP contribution is -2.21. The standard InChI is InChI=1S/C17H15N3O2S3/c1-22-10-5-3-4-9(6-10)12-8-24-16(20-12)11-7-13(14(21)15(18)19)25-17(11)23-2/h3-8H,1-2H3,(H3,18,19). The van der Waals surface area contributed by atoms with E-state index in [1.807, 2.05) is 35.9 Å². The van der Waals surface area contributed by atoms with Gasteiger partial charge in [-0.2, -0.15) is 0 Å². The summed E-state index contributed by atoms with van der Waals surface area (Å²) in [5, 5.41) is 10.2. The first-order valence-electron chi connectivity index (χ1n) is 7.20. The molecular formula is C17H15N3O2S3. The minimum atomic E-state index is -0.448. The molecule has 0 saturated carbocycles. The van der Waals surface area contributed by atoms with Gasteiger partial charge in [0.2, 0.25) is 5.78 Å². The topological polar surface area (TPSA) is 89.1 Å². The Morgan fingerprint density at radius 1 is 1.36 bits per heavy atom. The summed E-state index contributed by atoms with van der Waals surface area (Å²) in [5.74, 6) is -0.116. The zero-order valence-electron chi connectivity index (χ0n) is 13.5. The summed E-state index contributed by atoms with van der Waals surface area (Å²) in [5.41, 5.74) is 8.06. The number of thioether (sulfide) groups is 1. The number of hydrogen-bond acceptors (Lipinski definition) is 7. The summed E-state index contributed by atoms with van der Waals surface area (Å²) in [7, 11) is 1.63. The number of aromatic nitrogens is 1. The number of carbonyl (C=O) groups excluding carboxylic acids is 1. The number of rotatable bonds is 6. The molecule has 8 heteroatoms. The molecule has 0 bridgehead atoms. The SMILES string of the molecule is COc1cccc(-c2csc(-c3cc(C(=O)C(=N)N)sc3SC)n2)c1. The fourth-order valence-electron chi connectivity index (χ4n) is 2.23. The quantitative estimate of drug-likeness (QED) is 0.282. The number of carbonyl (C=O) groups is 1. The monoisotopic (exact) mass is 389 g/mol. The molecule has 1 aromatic carbocycles. The minimum absolute atomic E-state index is 0.448. The van der Waals surface area contributed by atoms with Gasteiger partial charge in [-0.15, -0.1) is 34.4 Å². The summed E-state index contributed by atoms with van der Waals surface area (Å²) >= 11 is 4.41. The van der Waals surface area contributed by atoms with Crippen molar-refractivity contribution in [3.8, 4) is 27.6 Å². The Morgan fingerprint density at radius 3 is 2.84 bits per heavy atom. The van der Waals surface area contributed by atoms with Crippen LogP contribution < -0.4 is 10.5 Å². The Kier molecular flexibility index (Phi) is 5.22. The number of hydrogen-bond donors (Lipinski definition) is 2. The largest absolute Gasteiger partial charge is 0.497 e. The Labute approximate surface area is 157 Å². The maximum absolute atomic E-state index is 12.0. The van der Waals surface area contributed by atoms with Crippen molar-refractivity contribution in [3.05, 3.63) is 40.6 Å². The number of nitrogens with one attached hydrogen (secondary N) is 1. The molecule has 3 N–H and O–H groups in total. The molecule has 3 rings (SSSR count). The lowest BCUT2D eigenvalue weighted by Gasteiger charge is -2.01. The number of benzene rings is 1. The van der Waals surface area contributed by atoms with Crippen molar-refractivity contribution in [2.75, 3.05) is 13.4 Å². The van der Waals surface area contributed by atoms with Crippen molar-refractivity contribution >= 4 is 46.1 Å². The Bertz CT molecular complexity index is 946. The summed E-state index contributed by atoms with van der Waals surface area (Å²) < 4.78 is 6.24. The third-order valence-electron chi connectivity index (χ3n) is 3.45. The van der Waals surface area contributed by atoms with Crippen LogP contribution in [0.1, 0.15) is 9.67 Å². The van der Waals surface area contributed by atoms with Crippen LogP contribution in [0.2, 0.25) is 0 Å². The number of ketones is 1. The highest BCUT2D eigenvalue weighted by Crippen LogP contribution is 2.40. The summed E-state index contributed by atoms with van der Waals surface area (Å²) in [6.07, 6.45) is 1.95. The van der Waals surface area contributed by atoms with Crippen molar-refractivity contribution in [1.29, 1.82) is 5.41 Å². The maximum Gasteiger partial charge on any atom is 0.237 e. The van der Waals surface area contributed by atoms with Crippen LogP contribution in [0, 0.1) is 5.41 Å². The van der Waals surface area contributed by atoms with Crippen molar-refractivity contribution in [2.45, 2.75) is 4.21 Å². The zero-order chi connectivity index (χ0) is 18.0. The lowest BCUT2D eigenvalue weighted by molar-refractivity contribution is 0.106. The second kappa shape index (κ2) is 7.38. The molecule has 0 radical (unpaired) electrons. The first-order valence-corrected chi connectivity index (χ1v) is 10.1. The highest BCUT2D eigenvalue weighted by molar-refractivity contribution is 8.00. The summed E-state index contributed by atoms with van der Waals surface area (Å²) in [6, 6.07) is 9.51. The molecule has 0 unspecified atom stereocenters. The Morgan fingerprint density at radius 2 is 2.16 bits per heavy atom. The van der Waals surface area contributed by atoms with Crippen molar-refractivity contribution in [2.24, 2.45) is 5.73 Å². The number of thiazole rings is 1. The molecule has 2 heterocycles. The van der Waals surface area contributed by atoms with Gasteiger partial charge in [0.25, 0.3) is 0 Å². The third-order valence-corrected chi connectivity index (χ3v) is 6.60. The van der Waals surface area contributed by atoms with E-state index >= 15 is 0 Å². The van der Waals surface area contributed by atoms with E-state index in [-0.39, 0.29) is 0 Å². The van der Waals surface area contributed by atoms with Crippen LogP contribution in [-0.2, 0) is 0 Å². The predicted molar refractivity (Wildman–Crippen MR) is 105 cm³/mol. The minimum Gasteiger partial charge on any atom is -0.497 e. The van der Waals surface area contributed by atoms with Gasteiger partial charge in [-0.05, 0) is 24.5 Å². The number of ether oxygens (including phenoxy) is 1. The van der Waals surface area contributed by atoms with Gasteiger partial charge < -0.3 is 10.5 Å². The molecule has 2 aromatic heterocycles. The van der Waals surface area contributed by atoms with Crippen LogP contribution in [0.4, 0.5) is 0 Å². The van der Waals surface area contributed by atoms with Gasteiger partial charge in [0.05, 0.1) is 21.9 Å². The van der Waals surface area contributed by atoms with Gasteiger partial charge in [0.15, 0.2) is 5.84 Å². The van der Waals surface area contributed by atoms with E-state index in [0.29, 0.717) is 4.88 Å². The van der Waals surface area contributed by atoms with Gasteiger partial charge in [-0.1, -0.05) is 12.1 Å². The molecule has 0 saturated heterocycles. The molecule has 0 atom stereocenters. The van der Waals surface area contributed by atoms with Crippen LogP contribution in [-0.4, -0.2) is 30.0 Å². The predicted octanol–water partition coefficient (Wildman–Crippen LogP) is 4.39. The van der Waals surface area contributed by atoms with Gasteiger partial charge in [0, 0.05) is 16.5 Å². The molecule has 0 spiro atoms. The van der Waals surface area contributed by atoms with E-state index in [2.05, 4.69) is 0 Å². The van der Waals surface area contributed by atoms with Crippen molar-refractivity contribution in [1.82, 2.24) is 4.98 Å². The Balaban J connectivity index is 1.99. The van der Waals surface area contributed by atoms with E-state index in [4.69, 9.17) is 20.9 Å². The third kappa shape index (κ3) is 3.60. The van der Waals surface area contributed by atoms with Crippen LogP contribution in [0.3, 0.4) is 0 Å². The average molecular weight is 390 g/mol. The molecule has 0 aliphatic heterocycles.